The van der Waals surface area contributed by atoms with Crippen molar-refractivity contribution in [2.45, 2.75) is 12.6 Å². The van der Waals surface area contributed by atoms with Crippen LogP contribution < -0.4 is 4.74 Å². The first kappa shape index (κ1) is 25.0. The second kappa shape index (κ2) is 10.1. The molecule has 0 unspecified atom stereocenters. The number of likely N-dealkylation sites (tertiary alicyclic amines) is 1. The Kier molecular flexibility index (Phi) is 7.41. The maximum Gasteiger partial charge on any atom is 0.490 e. The van der Waals surface area contributed by atoms with Gasteiger partial charge >= 0.3 is 12.1 Å². The molecule has 2 aliphatic heterocycles. The zero-order valence-electron chi connectivity index (χ0n) is 18.2. The van der Waals surface area contributed by atoms with E-state index in [1.807, 2.05) is 30.3 Å². The molecule has 1 N–H and O–H groups in total. The van der Waals surface area contributed by atoms with Crippen molar-refractivity contribution in [1.82, 2.24) is 19.7 Å². The summed E-state index contributed by atoms with van der Waals surface area (Å²) in [5, 5.41) is 20.3. The van der Waals surface area contributed by atoms with Crippen molar-refractivity contribution >= 4 is 11.9 Å². The first-order chi connectivity index (χ1) is 16.0. The molecule has 0 aromatic carbocycles. The Morgan fingerprint density at radius 2 is 2.12 bits per heavy atom. The SMILES string of the molecule is Cn1ccc(CC(=O)N2C[C@@H]3COC[C@]3(COc3ccc(C#N)cn3)C2)n1.O=C(O)C(F)(F)F. The van der Waals surface area contributed by atoms with Gasteiger partial charge in [-0.2, -0.15) is 23.5 Å². The van der Waals surface area contributed by atoms with E-state index >= 15 is 0 Å². The van der Waals surface area contributed by atoms with Crippen LogP contribution in [0.15, 0.2) is 30.6 Å². The van der Waals surface area contributed by atoms with E-state index < -0.39 is 12.1 Å². The molecule has 2 saturated heterocycles. The summed E-state index contributed by atoms with van der Waals surface area (Å²) in [6, 6.07) is 7.28. The number of carboxylic acid groups (broad SMARTS) is 1. The molecule has 0 aliphatic carbocycles. The number of alkyl halides is 3. The lowest BCUT2D eigenvalue weighted by Crippen LogP contribution is -2.38. The molecule has 4 heterocycles. The maximum absolute atomic E-state index is 12.7. The average Bonchev–Trinajstić information content (AvgIpc) is 3.46. The highest BCUT2D eigenvalue weighted by molar-refractivity contribution is 5.78. The van der Waals surface area contributed by atoms with E-state index in [2.05, 4.69) is 10.1 Å². The van der Waals surface area contributed by atoms with Crippen LogP contribution in [0.25, 0.3) is 0 Å². The van der Waals surface area contributed by atoms with Crippen LogP contribution in [0.5, 0.6) is 5.88 Å². The fourth-order valence-corrected chi connectivity index (χ4v) is 3.80. The number of aryl methyl sites for hydroxylation is 1. The lowest BCUT2D eigenvalue weighted by atomic mass is 9.82. The number of carboxylic acids is 1. The van der Waals surface area contributed by atoms with Crippen molar-refractivity contribution < 1.29 is 37.3 Å². The first-order valence-electron chi connectivity index (χ1n) is 10.2. The van der Waals surface area contributed by atoms with E-state index in [1.165, 1.54) is 6.20 Å². The molecule has 2 atom stereocenters. The minimum atomic E-state index is -5.08. The second-order valence-corrected chi connectivity index (χ2v) is 8.09. The van der Waals surface area contributed by atoms with E-state index in [9.17, 15) is 18.0 Å². The van der Waals surface area contributed by atoms with Gasteiger partial charge in [0.1, 0.15) is 6.07 Å². The number of aromatic nitrogens is 3. The molecule has 2 aromatic heterocycles. The number of amides is 1. The molecule has 34 heavy (non-hydrogen) atoms. The fourth-order valence-electron chi connectivity index (χ4n) is 3.80. The van der Waals surface area contributed by atoms with Crippen molar-refractivity contribution in [3.8, 4) is 11.9 Å². The topological polar surface area (TPSA) is 131 Å². The number of rotatable bonds is 5. The van der Waals surface area contributed by atoms with Gasteiger partial charge in [-0.15, -0.1) is 0 Å². The first-order valence-corrected chi connectivity index (χ1v) is 10.2. The Bertz CT molecular complexity index is 1070. The third-order valence-corrected chi connectivity index (χ3v) is 5.59. The van der Waals surface area contributed by atoms with Crippen molar-refractivity contribution in [1.29, 1.82) is 5.26 Å². The predicted molar refractivity (Wildman–Crippen MR) is 108 cm³/mol. The Hall–Kier alpha value is -3.66. The quantitative estimate of drug-likeness (QED) is 0.679. The van der Waals surface area contributed by atoms with Crippen LogP contribution in [0.1, 0.15) is 11.3 Å². The molecular formula is C21H22F3N5O5. The standard InChI is InChI=1S/C19H21N5O3.C2HF3O2/c1-23-5-4-16(22-23)6-18(25)24-9-15-10-26-12-19(15,11-24)13-27-17-3-2-14(7-20)8-21-17;3-2(4,5)1(6)7/h2-5,8,15H,6,9-13H2,1H3;(H,6,7)/t15-,19+;/m1./s1. The molecule has 0 radical (unpaired) electrons. The molecule has 10 nitrogen and oxygen atoms in total. The Morgan fingerprint density at radius 1 is 1.38 bits per heavy atom. The highest BCUT2D eigenvalue weighted by Gasteiger charge is 2.52. The van der Waals surface area contributed by atoms with Gasteiger partial charge in [0.05, 0.1) is 42.9 Å². The van der Waals surface area contributed by atoms with Gasteiger partial charge in [0, 0.05) is 44.5 Å². The number of hydrogen-bond donors (Lipinski definition) is 1. The van der Waals surface area contributed by atoms with Crippen molar-refractivity contribution in [2.75, 3.05) is 32.9 Å². The Morgan fingerprint density at radius 3 is 2.68 bits per heavy atom. The van der Waals surface area contributed by atoms with Crippen molar-refractivity contribution in [2.24, 2.45) is 18.4 Å². The highest BCUT2D eigenvalue weighted by atomic mass is 19.4. The van der Waals surface area contributed by atoms with E-state index in [0.29, 0.717) is 50.8 Å². The summed E-state index contributed by atoms with van der Waals surface area (Å²) in [6.45, 7) is 2.93. The number of pyridine rings is 1. The molecule has 182 valence electrons. The summed E-state index contributed by atoms with van der Waals surface area (Å²) < 4.78 is 45.0. The summed E-state index contributed by atoms with van der Waals surface area (Å²) >= 11 is 0. The van der Waals surface area contributed by atoms with Crippen molar-refractivity contribution in [3.63, 3.8) is 0 Å². The smallest absolute Gasteiger partial charge is 0.477 e. The fraction of sp³-hybridized carbons (Fsp3) is 0.476. The number of nitrogens with zero attached hydrogens (tertiary/aromatic N) is 5. The number of halogens is 3. The zero-order chi connectivity index (χ0) is 24.9. The Balaban J connectivity index is 0.000000406. The van der Waals surface area contributed by atoms with Crippen LogP contribution in [0, 0.1) is 22.7 Å². The molecule has 0 saturated carbocycles. The van der Waals surface area contributed by atoms with Gasteiger partial charge in [0.15, 0.2) is 0 Å². The molecule has 13 heteroatoms. The predicted octanol–water partition coefficient (Wildman–Crippen LogP) is 1.42. The summed E-state index contributed by atoms with van der Waals surface area (Å²) in [6.07, 6.45) is -1.44. The highest BCUT2D eigenvalue weighted by Crippen LogP contribution is 2.41. The van der Waals surface area contributed by atoms with Gasteiger partial charge in [0.2, 0.25) is 11.8 Å². The van der Waals surface area contributed by atoms with Crippen LogP contribution in [-0.4, -0.2) is 75.7 Å². The van der Waals surface area contributed by atoms with Crippen LogP contribution >= 0.6 is 0 Å². The van der Waals surface area contributed by atoms with Crippen LogP contribution in [0.4, 0.5) is 13.2 Å². The minimum Gasteiger partial charge on any atom is -0.477 e. The summed E-state index contributed by atoms with van der Waals surface area (Å²) in [7, 11) is 1.84. The number of hydrogen-bond acceptors (Lipinski definition) is 7. The summed E-state index contributed by atoms with van der Waals surface area (Å²) in [4.78, 5) is 27.6. The van der Waals surface area contributed by atoms with Crippen molar-refractivity contribution in [3.05, 3.63) is 41.9 Å². The molecule has 2 aromatic rings. The van der Waals surface area contributed by atoms with Gasteiger partial charge in [-0.1, -0.05) is 0 Å². The summed E-state index contributed by atoms with van der Waals surface area (Å²) in [5.74, 6) is -1.94. The number of carbonyl (C=O) groups excluding carboxylic acids is 1. The van der Waals surface area contributed by atoms with Crippen LogP contribution in [-0.2, 0) is 27.8 Å². The van der Waals surface area contributed by atoms with E-state index in [0.717, 1.165) is 5.69 Å². The summed E-state index contributed by atoms with van der Waals surface area (Å²) in [5.41, 5.74) is 1.06. The lowest BCUT2D eigenvalue weighted by Gasteiger charge is -2.26. The second-order valence-electron chi connectivity index (χ2n) is 8.09. The number of fused-ring (bicyclic) bond motifs is 1. The zero-order valence-corrected chi connectivity index (χ0v) is 18.2. The van der Waals surface area contributed by atoms with Gasteiger partial charge in [-0.25, -0.2) is 9.78 Å². The molecule has 0 bridgehead atoms. The minimum absolute atomic E-state index is 0.0824. The molecule has 0 spiro atoms. The number of ether oxygens (including phenoxy) is 2. The number of carbonyl (C=O) groups is 2. The monoisotopic (exact) mass is 481 g/mol. The normalized spacial score (nSPS) is 21.3. The number of nitriles is 1. The maximum atomic E-state index is 12.7. The average molecular weight is 481 g/mol. The van der Waals surface area contributed by atoms with Gasteiger partial charge in [0.25, 0.3) is 0 Å². The van der Waals surface area contributed by atoms with Gasteiger partial charge in [-0.3, -0.25) is 9.48 Å². The third kappa shape index (κ3) is 6.02. The van der Waals surface area contributed by atoms with E-state index in [-0.39, 0.29) is 17.2 Å². The molecule has 1 amide bonds. The van der Waals surface area contributed by atoms with Crippen LogP contribution in [0.2, 0.25) is 0 Å². The molecular weight excluding hydrogens is 459 g/mol. The van der Waals surface area contributed by atoms with Gasteiger partial charge < -0.3 is 19.5 Å². The Labute approximate surface area is 192 Å². The van der Waals surface area contributed by atoms with Gasteiger partial charge in [-0.05, 0) is 12.1 Å². The molecule has 2 fully saturated rings. The largest absolute Gasteiger partial charge is 0.490 e. The van der Waals surface area contributed by atoms with Crippen LogP contribution in [0.3, 0.4) is 0 Å². The lowest BCUT2D eigenvalue weighted by molar-refractivity contribution is -0.192. The molecule has 2 aliphatic rings. The number of aliphatic carboxylic acids is 1. The molecule has 4 rings (SSSR count). The van der Waals surface area contributed by atoms with E-state index in [1.54, 1.807) is 16.8 Å². The third-order valence-electron chi connectivity index (χ3n) is 5.59. The van der Waals surface area contributed by atoms with E-state index in [4.69, 9.17) is 24.6 Å².